The van der Waals surface area contributed by atoms with Crippen molar-refractivity contribution in [3.63, 3.8) is 0 Å². The monoisotopic (exact) mass is 330 g/mol. The molecule has 0 spiro atoms. The molecule has 1 rings (SSSR count). The van der Waals surface area contributed by atoms with Crippen LogP contribution in [0.25, 0.3) is 0 Å². The van der Waals surface area contributed by atoms with E-state index in [-0.39, 0.29) is 43.8 Å². The van der Waals surface area contributed by atoms with Crippen molar-refractivity contribution in [2.45, 2.75) is 39.9 Å². The first-order chi connectivity index (χ1) is 8.25. The zero-order valence-corrected chi connectivity index (χ0v) is 13.5. The van der Waals surface area contributed by atoms with Crippen LogP contribution in [0.5, 0.6) is 11.5 Å². The van der Waals surface area contributed by atoms with Crippen LogP contribution < -0.4 is 9.47 Å². The van der Waals surface area contributed by atoms with Crippen LogP contribution in [0.2, 0.25) is 20.1 Å². The molecule has 18 heavy (non-hydrogen) atoms. The number of rotatable bonds is 4. The van der Waals surface area contributed by atoms with Gasteiger partial charge in [-0.2, -0.15) is 0 Å². The highest BCUT2D eigenvalue weighted by Crippen LogP contribution is 2.50. The molecule has 0 heterocycles. The fourth-order valence-corrected chi connectivity index (χ4v) is 2.27. The van der Waals surface area contributed by atoms with Gasteiger partial charge >= 0.3 is 0 Å². The Bertz CT molecular complexity index is 374. The van der Waals surface area contributed by atoms with Gasteiger partial charge in [-0.05, 0) is 27.7 Å². The van der Waals surface area contributed by atoms with Gasteiger partial charge in [-0.3, -0.25) is 0 Å². The van der Waals surface area contributed by atoms with Crippen molar-refractivity contribution in [3.8, 4) is 11.5 Å². The molecule has 0 unspecified atom stereocenters. The van der Waals surface area contributed by atoms with Crippen LogP contribution in [-0.2, 0) is 0 Å². The van der Waals surface area contributed by atoms with Crippen LogP contribution >= 0.6 is 46.4 Å². The molecule has 0 bridgehead atoms. The third-order valence-electron chi connectivity index (χ3n) is 1.89. The highest BCUT2D eigenvalue weighted by atomic mass is 35.5. The van der Waals surface area contributed by atoms with E-state index in [9.17, 15) is 0 Å². The molecule has 6 heteroatoms. The number of ether oxygens (including phenoxy) is 2. The van der Waals surface area contributed by atoms with Crippen molar-refractivity contribution in [2.24, 2.45) is 0 Å². The molecule has 1 aromatic rings. The second-order valence-corrected chi connectivity index (χ2v) is 5.76. The lowest BCUT2D eigenvalue weighted by Crippen LogP contribution is -2.09. The Morgan fingerprint density at radius 3 is 1.00 bits per heavy atom. The van der Waals surface area contributed by atoms with Crippen LogP contribution in [0, 0.1) is 0 Å². The predicted octanol–water partition coefficient (Wildman–Crippen LogP) is 5.87. The van der Waals surface area contributed by atoms with Crippen LogP contribution in [0.4, 0.5) is 0 Å². The Kier molecular flexibility index (Phi) is 5.72. The second-order valence-electron chi connectivity index (χ2n) is 4.25. The minimum absolute atomic E-state index is 0.0935. The smallest absolute Gasteiger partial charge is 0.160 e. The maximum Gasteiger partial charge on any atom is 0.160 e. The van der Waals surface area contributed by atoms with E-state index in [1.165, 1.54) is 0 Å². The van der Waals surface area contributed by atoms with E-state index >= 15 is 0 Å². The summed E-state index contributed by atoms with van der Waals surface area (Å²) in [6.45, 7) is 7.42. The van der Waals surface area contributed by atoms with Gasteiger partial charge in [0.15, 0.2) is 11.5 Å². The standard InChI is InChI=1S/C12H14Cl4O2/c1-5(2)17-11-7(13)9(15)12(18-6(3)4)10(16)8(11)14/h5-6H,1-4H3. The highest BCUT2D eigenvalue weighted by molar-refractivity contribution is 6.50. The molecule has 0 saturated heterocycles. The molecular weight excluding hydrogens is 318 g/mol. The summed E-state index contributed by atoms with van der Waals surface area (Å²) in [6.07, 6.45) is -0.187. The maximum atomic E-state index is 6.12. The first-order valence-corrected chi connectivity index (χ1v) is 6.96. The van der Waals surface area contributed by atoms with Gasteiger partial charge in [0.1, 0.15) is 20.1 Å². The van der Waals surface area contributed by atoms with E-state index in [1.807, 2.05) is 27.7 Å². The van der Waals surface area contributed by atoms with Crippen LogP contribution in [0.1, 0.15) is 27.7 Å². The molecule has 0 aromatic heterocycles. The highest BCUT2D eigenvalue weighted by Gasteiger charge is 2.23. The summed E-state index contributed by atoms with van der Waals surface area (Å²) in [5.74, 6) is 0.555. The topological polar surface area (TPSA) is 18.5 Å². The van der Waals surface area contributed by atoms with Gasteiger partial charge in [0.25, 0.3) is 0 Å². The van der Waals surface area contributed by atoms with Crippen molar-refractivity contribution in [1.82, 2.24) is 0 Å². The molecule has 0 atom stereocenters. The first-order valence-electron chi connectivity index (χ1n) is 5.44. The number of halogens is 4. The molecule has 0 N–H and O–H groups in total. The number of hydrogen-bond acceptors (Lipinski definition) is 2. The lowest BCUT2D eigenvalue weighted by molar-refractivity contribution is 0.235. The second kappa shape index (κ2) is 6.42. The van der Waals surface area contributed by atoms with Crippen molar-refractivity contribution in [1.29, 1.82) is 0 Å². The summed E-state index contributed by atoms with van der Waals surface area (Å²) < 4.78 is 11.0. The van der Waals surface area contributed by atoms with Gasteiger partial charge in [-0.1, -0.05) is 46.4 Å². The van der Waals surface area contributed by atoms with Crippen LogP contribution in [0.3, 0.4) is 0 Å². The average Bonchev–Trinajstić information content (AvgIpc) is 2.27. The maximum absolute atomic E-state index is 6.12. The van der Waals surface area contributed by atoms with E-state index in [0.717, 1.165) is 0 Å². The molecule has 2 nitrogen and oxygen atoms in total. The van der Waals surface area contributed by atoms with Gasteiger partial charge in [-0.25, -0.2) is 0 Å². The molecule has 102 valence electrons. The quantitative estimate of drug-likeness (QED) is 0.642. The zero-order valence-electron chi connectivity index (χ0n) is 10.5. The molecule has 0 aliphatic carbocycles. The minimum atomic E-state index is -0.0935. The molecule has 0 saturated carbocycles. The molecule has 0 fully saturated rings. The van der Waals surface area contributed by atoms with Gasteiger partial charge in [0, 0.05) is 0 Å². The van der Waals surface area contributed by atoms with Crippen molar-refractivity contribution < 1.29 is 9.47 Å². The normalized spacial score (nSPS) is 11.2. The number of hydrogen-bond donors (Lipinski definition) is 0. The Labute approximate surface area is 127 Å². The summed E-state index contributed by atoms with van der Waals surface area (Å²) in [6, 6.07) is 0. The molecular formula is C12H14Cl4O2. The molecule has 0 amide bonds. The Morgan fingerprint density at radius 2 is 0.833 bits per heavy atom. The van der Waals surface area contributed by atoms with Gasteiger partial charge in [0.05, 0.1) is 12.2 Å². The van der Waals surface area contributed by atoms with E-state index in [2.05, 4.69) is 0 Å². The third-order valence-corrected chi connectivity index (χ3v) is 3.53. The summed E-state index contributed by atoms with van der Waals surface area (Å²) in [5, 5.41) is 0.816. The van der Waals surface area contributed by atoms with Crippen LogP contribution in [-0.4, -0.2) is 12.2 Å². The lowest BCUT2D eigenvalue weighted by atomic mass is 10.3. The lowest BCUT2D eigenvalue weighted by Gasteiger charge is -2.19. The van der Waals surface area contributed by atoms with Gasteiger partial charge in [0.2, 0.25) is 0 Å². The molecule has 1 aromatic carbocycles. The summed E-state index contributed by atoms with van der Waals surface area (Å²) in [4.78, 5) is 0. The van der Waals surface area contributed by atoms with E-state index in [4.69, 9.17) is 55.9 Å². The summed E-state index contributed by atoms with van der Waals surface area (Å²) >= 11 is 24.5. The minimum Gasteiger partial charge on any atom is -0.488 e. The molecule has 0 aliphatic heterocycles. The van der Waals surface area contributed by atoms with Crippen molar-refractivity contribution in [3.05, 3.63) is 20.1 Å². The van der Waals surface area contributed by atoms with Gasteiger partial charge in [-0.15, -0.1) is 0 Å². The van der Waals surface area contributed by atoms with Crippen LogP contribution in [0.15, 0.2) is 0 Å². The summed E-state index contributed by atoms with van der Waals surface area (Å²) in [7, 11) is 0. The van der Waals surface area contributed by atoms with E-state index in [0.29, 0.717) is 0 Å². The number of benzene rings is 1. The molecule has 0 radical (unpaired) electrons. The largest absolute Gasteiger partial charge is 0.488 e. The molecule has 0 aliphatic rings. The Balaban J connectivity index is 3.35. The zero-order chi connectivity index (χ0) is 14.0. The average molecular weight is 332 g/mol. The van der Waals surface area contributed by atoms with Crippen molar-refractivity contribution >= 4 is 46.4 Å². The first kappa shape index (κ1) is 16.0. The fraction of sp³-hybridized carbons (Fsp3) is 0.500. The van der Waals surface area contributed by atoms with E-state index in [1.54, 1.807) is 0 Å². The van der Waals surface area contributed by atoms with E-state index < -0.39 is 0 Å². The van der Waals surface area contributed by atoms with Crippen molar-refractivity contribution in [2.75, 3.05) is 0 Å². The van der Waals surface area contributed by atoms with Gasteiger partial charge < -0.3 is 9.47 Å². The predicted molar refractivity (Wildman–Crippen MR) is 78.0 cm³/mol. The SMILES string of the molecule is CC(C)Oc1c(Cl)c(Cl)c(OC(C)C)c(Cl)c1Cl. The Morgan fingerprint density at radius 1 is 0.611 bits per heavy atom. The third kappa shape index (κ3) is 3.51. The fourth-order valence-electron chi connectivity index (χ4n) is 1.27. The summed E-state index contributed by atoms with van der Waals surface area (Å²) in [5.41, 5.74) is 0. The Hall–Kier alpha value is -0.0200.